The number of methoxy groups -OCH3 is 3. The number of hydrogen-bond donors (Lipinski definition) is 2. The Bertz CT molecular complexity index is 541. The van der Waals surface area contributed by atoms with Crippen molar-refractivity contribution >= 4 is 0 Å². The lowest BCUT2D eigenvalue weighted by molar-refractivity contribution is 0.347. The van der Waals surface area contributed by atoms with Gasteiger partial charge in [0.1, 0.15) is 5.75 Å². The van der Waals surface area contributed by atoms with Gasteiger partial charge in [0.25, 0.3) is 0 Å². The van der Waals surface area contributed by atoms with Crippen LogP contribution < -0.4 is 19.5 Å². The maximum Gasteiger partial charge on any atom is 0.164 e. The van der Waals surface area contributed by atoms with Gasteiger partial charge in [-0.25, -0.2) is 0 Å². The minimum absolute atomic E-state index is 0.654. The molecular formula is C14H19N3O3. The molecule has 20 heavy (non-hydrogen) atoms. The molecule has 0 aliphatic carbocycles. The molecule has 0 saturated carbocycles. The van der Waals surface area contributed by atoms with Gasteiger partial charge >= 0.3 is 0 Å². The minimum atomic E-state index is 0.654. The summed E-state index contributed by atoms with van der Waals surface area (Å²) in [7, 11) is 4.86. The van der Waals surface area contributed by atoms with E-state index in [1.54, 1.807) is 27.5 Å². The Labute approximate surface area is 118 Å². The van der Waals surface area contributed by atoms with Gasteiger partial charge in [0.15, 0.2) is 11.5 Å². The lowest BCUT2D eigenvalue weighted by atomic mass is 10.1. The van der Waals surface area contributed by atoms with E-state index in [9.17, 15) is 0 Å². The molecule has 0 spiro atoms. The van der Waals surface area contributed by atoms with E-state index in [-0.39, 0.29) is 0 Å². The van der Waals surface area contributed by atoms with E-state index in [0.717, 1.165) is 17.0 Å². The fourth-order valence-electron chi connectivity index (χ4n) is 1.95. The van der Waals surface area contributed by atoms with Gasteiger partial charge in [-0.05, 0) is 12.1 Å². The lowest BCUT2D eigenvalue weighted by Crippen LogP contribution is -2.14. The van der Waals surface area contributed by atoms with E-state index in [0.29, 0.717) is 24.6 Å². The van der Waals surface area contributed by atoms with Crippen molar-refractivity contribution < 1.29 is 14.2 Å². The average molecular weight is 277 g/mol. The molecule has 2 aromatic rings. The van der Waals surface area contributed by atoms with Crippen LogP contribution in [0.3, 0.4) is 0 Å². The predicted octanol–water partition coefficient (Wildman–Crippen LogP) is 1.73. The van der Waals surface area contributed by atoms with Gasteiger partial charge in [-0.3, -0.25) is 5.10 Å². The Morgan fingerprint density at radius 3 is 2.30 bits per heavy atom. The zero-order chi connectivity index (χ0) is 14.4. The van der Waals surface area contributed by atoms with Crippen LogP contribution in [-0.4, -0.2) is 31.5 Å². The highest BCUT2D eigenvalue weighted by atomic mass is 16.5. The Morgan fingerprint density at radius 1 is 1.00 bits per heavy atom. The molecule has 0 unspecified atom stereocenters. The third-order valence-corrected chi connectivity index (χ3v) is 2.98. The first kappa shape index (κ1) is 14.2. The molecule has 1 aromatic heterocycles. The molecule has 0 aliphatic heterocycles. The molecule has 2 N–H and O–H groups in total. The SMILES string of the molecule is COc1cc(OC)c(OC)cc1CNCc1ccn[nH]1. The first-order valence-electron chi connectivity index (χ1n) is 6.26. The predicted molar refractivity (Wildman–Crippen MR) is 75.2 cm³/mol. The lowest BCUT2D eigenvalue weighted by Gasteiger charge is -2.14. The molecule has 108 valence electrons. The molecule has 6 nitrogen and oxygen atoms in total. The monoisotopic (exact) mass is 277 g/mol. The van der Waals surface area contributed by atoms with E-state index in [4.69, 9.17) is 14.2 Å². The van der Waals surface area contributed by atoms with Crippen molar-refractivity contribution in [1.82, 2.24) is 15.5 Å². The van der Waals surface area contributed by atoms with Crippen molar-refractivity contribution in [1.29, 1.82) is 0 Å². The highest BCUT2D eigenvalue weighted by Crippen LogP contribution is 2.34. The van der Waals surface area contributed by atoms with Crippen LogP contribution in [0.5, 0.6) is 17.2 Å². The smallest absolute Gasteiger partial charge is 0.164 e. The van der Waals surface area contributed by atoms with E-state index in [2.05, 4.69) is 15.5 Å². The molecule has 0 atom stereocenters. The fraction of sp³-hybridized carbons (Fsp3) is 0.357. The van der Waals surface area contributed by atoms with Gasteiger partial charge in [-0.15, -0.1) is 0 Å². The highest BCUT2D eigenvalue weighted by molar-refractivity contribution is 5.50. The largest absolute Gasteiger partial charge is 0.496 e. The highest BCUT2D eigenvalue weighted by Gasteiger charge is 2.11. The van der Waals surface area contributed by atoms with E-state index in [1.165, 1.54) is 0 Å². The average Bonchev–Trinajstić information content (AvgIpc) is 2.99. The number of rotatable bonds is 7. The third-order valence-electron chi connectivity index (χ3n) is 2.98. The molecule has 2 rings (SSSR count). The molecular weight excluding hydrogens is 258 g/mol. The first-order chi connectivity index (χ1) is 9.78. The quantitative estimate of drug-likeness (QED) is 0.806. The molecule has 0 bridgehead atoms. The Balaban J connectivity index is 2.09. The second kappa shape index (κ2) is 6.81. The van der Waals surface area contributed by atoms with Crippen LogP contribution in [0.25, 0.3) is 0 Å². The summed E-state index contributed by atoms with van der Waals surface area (Å²) in [5.74, 6) is 2.10. The Kier molecular flexibility index (Phi) is 4.84. The number of ether oxygens (including phenoxy) is 3. The van der Waals surface area contributed by atoms with Gasteiger partial charge in [-0.1, -0.05) is 0 Å². The standard InChI is InChI=1S/C14H19N3O3/c1-18-12-7-14(20-3)13(19-2)6-10(12)8-15-9-11-4-5-16-17-11/h4-7,15H,8-9H2,1-3H3,(H,16,17). The first-order valence-corrected chi connectivity index (χ1v) is 6.26. The number of benzene rings is 1. The summed E-state index contributed by atoms with van der Waals surface area (Å²) in [4.78, 5) is 0. The molecule has 0 aliphatic rings. The molecule has 0 saturated heterocycles. The molecule has 1 aromatic carbocycles. The number of H-pyrrole nitrogens is 1. The van der Waals surface area contributed by atoms with Crippen molar-refractivity contribution in [3.05, 3.63) is 35.7 Å². The van der Waals surface area contributed by atoms with Crippen LogP contribution in [0.1, 0.15) is 11.3 Å². The second-order valence-electron chi connectivity index (χ2n) is 4.20. The van der Waals surface area contributed by atoms with Crippen LogP contribution in [0.15, 0.2) is 24.4 Å². The maximum atomic E-state index is 5.38. The normalized spacial score (nSPS) is 10.3. The van der Waals surface area contributed by atoms with Crippen LogP contribution in [0.4, 0.5) is 0 Å². The topological polar surface area (TPSA) is 68.4 Å². The summed E-state index contributed by atoms with van der Waals surface area (Å²) in [6.07, 6.45) is 1.73. The molecule has 6 heteroatoms. The van der Waals surface area contributed by atoms with Gasteiger partial charge in [0.05, 0.1) is 21.3 Å². The molecule has 0 amide bonds. The van der Waals surface area contributed by atoms with Gasteiger partial charge in [-0.2, -0.15) is 5.10 Å². The summed E-state index contributed by atoms with van der Waals surface area (Å²) in [6, 6.07) is 5.67. The zero-order valence-corrected chi connectivity index (χ0v) is 11.9. The van der Waals surface area contributed by atoms with Crippen molar-refractivity contribution in [3.63, 3.8) is 0 Å². The summed E-state index contributed by atoms with van der Waals surface area (Å²) in [6.45, 7) is 1.36. The van der Waals surface area contributed by atoms with Crippen molar-refractivity contribution in [2.24, 2.45) is 0 Å². The molecule has 0 fully saturated rings. The van der Waals surface area contributed by atoms with Gasteiger partial charge in [0.2, 0.25) is 0 Å². The Hall–Kier alpha value is -2.21. The molecule has 1 heterocycles. The van der Waals surface area contributed by atoms with Gasteiger partial charge in [0, 0.05) is 36.6 Å². The second-order valence-corrected chi connectivity index (χ2v) is 4.20. The summed E-state index contributed by atoms with van der Waals surface area (Å²) < 4.78 is 15.9. The van der Waals surface area contributed by atoms with E-state index >= 15 is 0 Å². The summed E-state index contributed by atoms with van der Waals surface area (Å²) in [5.41, 5.74) is 2.04. The van der Waals surface area contributed by atoms with Gasteiger partial charge < -0.3 is 19.5 Å². The summed E-state index contributed by atoms with van der Waals surface area (Å²) >= 11 is 0. The van der Waals surface area contributed by atoms with E-state index in [1.807, 2.05) is 18.2 Å². The number of nitrogens with zero attached hydrogens (tertiary/aromatic N) is 1. The fourth-order valence-corrected chi connectivity index (χ4v) is 1.95. The Morgan fingerprint density at radius 2 is 1.70 bits per heavy atom. The minimum Gasteiger partial charge on any atom is -0.496 e. The van der Waals surface area contributed by atoms with Crippen molar-refractivity contribution in [2.75, 3.05) is 21.3 Å². The number of nitrogens with one attached hydrogen (secondary N) is 2. The van der Waals surface area contributed by atoms with Crippen LogP contribution in [0.2, 0.25) is 0 Å². The maximum absolute atomic E-state index is 5.38. The number of hydrogen-bond acceptors (Lipinski definition) is 5. The number of aromatic nitrogens is 2. The van der Waals surface area contributed by atoms with Crippen molar-refractivity contribution in [2.45, 2.75) is 13.1 Å². The van der Waals surface area contributed by atoms with Crippen molar-refractivity contribution in [3.8, 4) is 17.2 Å². The zero-order valence-electron chi connectivity index (χ0n) is 11.9. The van der Waals surface area contributed by atoms with Crippen LogP contribution in [-0.2, 0) is 13.1 Å². The van der Waals surface area contributed by atoms with Crippen LogP contribution >= 0.6 is 0 Å². The third kappa shape index (κ3) is 3.21. The number of aromatic amines is 1. The summed E-state index contributed by atoms with van der Waals surface area (Å²) in [5, 5.41) is 10.1. The van der Waals surface area contributed by atoms with Crippen LogP contribution in [0, 0.1) is 0 Å². The molecule has 0 radical (unpaired) electrons. The van der Waals surface area contributed by atoms with E-state index < -0.39 is 0 Å².